The molecule has 0 fully saturated rings. The van der Waals surface area contributed by atoms with Gasteiger partial charge in [0.1, 0.15) is 9.51 Å². The van der Waals surface area contributed by atoms with Crippen molar-refractivity contribution >= 4 is 56.3 Å². The summed E-state index contributed by atoms with van der Waals surface area (Å²) in [5, 5.41) is -0.908. The summed E-state index contributed by atoms with van der Waals surface area (Å²) in [5.41, 5.74) is 21.2. The van der Waals surface area contributed by atoms with Crippen LogP contribution in [-0.2, 0) is 21.0 Å². The molecule has 18 heteroatoms. The summed E-state index contributed by atoms with van der Waals surface area (Å²) < 4.78 is 66.7. The normalized spacial score (nSPS) is 11.9. The highest BCUT2D eigenvalue weighted by Gasteiger charge is 2.37. The van der Waals surface area contributed by atoms with Crippen LogP contribution in [0, 0.1) is 5.82 Å². The van der Waals surface area contributed by atoms with Gasteiger partial charge in [-0.15, -0.1) is 11.3 Å². The maximum absolute atomic E-state index is 15.9. The Morgan fingerprint density at radius 2 is 1.57 bits per heavy atom. The Hall–Kier alpha value is -2.69. The molecule has 0 bridgehead atoms. The van der Waals surface area contributed by atoms with Gasteiger partial charge in [-0.3, -0.25) is 14.5 Å². The molecule has 0 spiro atoms. The van der Waals surface area contributed by atoms with Gasteiger partial charge < -0.3 is 42.2 Å². The summed E-state index contributed by atoms with van der Waals surface area (Å²) in [5.74, 6) is -2.44. The van der Waals surface area contributed by atoms with Gasteiger partial charge in [0.05, 0.1) is 17.9 Å². The molecule has 0 aliphatic heterocycles. The molecule has 0 saturated carbocycles. The number of rotatable bonds is 14. The van der Waals surface area contributed by atoms with Crippen LogP contribution in [0.3, 0.4) is 0 Å². The molecule has 0 atom stereocenters. The van der Waals surface area contributed by atoms with Crippen molar-refractivity contribution in [2.75, 3.05) is 33.4 Å². The second kappa shape index (κ2) is 12.7. The first kappa shape index (κ1) is 30.5. The number of halogens is 1. The van der Waals surface area contributed by atoms with E-state index in [9.17, 15) is 22.8 Å². The number of ether oxygens (including phenoxy) is 2. The minimum atomic E-state index is -5.17. The molecule has 1 heterocycles. The van der Waals surface area contributed by atoms with Crippen LogP contribution in [0.4, 0.5) is 4.39 Å². The lowest BCUT2D eigenvalue weighted by molar-refractivity contribution is 0.257. The molecule has 208 valence electrons. The molecule has 0 radical (unpaired) electrons. The van der Waals surface area contributed by atoms with Crippen molar-refractivity contribution in [3.05, 3.63) is 11.4 Å². The third kappa shape index (κ3) is 7.43. The van der Waals surface area contributed by atoms with E-state index in [1.807, 2.05) is 0 Å². The number of nitrogens with zero attached hydrogens (tertiary/aromatic N) is 2. The molecule has 0 saturated heterocycles. The Bertz CT molecular complexity index is 1330. The van der Waals surface area contributed by atoms with Gasteiger partial charge in [-0.25, -0.2) is 17.5 Å². The molecule has 1 aromatic carbocycles. The molecule has 0 aliphatic carbocycles. The summed E-state index contributed by atoms with van der Waals surface area (Å²) in [7, 11) is -8.07. The lowest BCUT2D eigenvalue weighted by Gasteiger charge is -2.19. The number of aryl methyl sites for hydroxylation is 1. The Morgan fingerprint density at radius 1 is 1.05 bits per heavy atom. The van der Waals surface area contributed by atoms with Gasteiger partial charge in [-0.2, -0.15) is 0 Å². The number of hydrogen-bond donors (Lipinski definition) is 7. The zero-order valence-corrected chi connectivity index (χ0v) is 22.8. The number of sulfonamides is 1. The van der Waals surface area contributed by atoms with E-state index in [1.165, 1.54) is 7.05 Å². The second-order valence-electron chi connectivity index (χ2n) is 7.52. The van der Waals surface area contributed by atoms with Gasteiger partial charge in [-0.05, 0) is 19.0 Å². The predicted molar refractivity (Wildman–Crippen MR) is 141 cm³/mol. The van der Waals surface area contributed by atoms with E-state index in [1.54, 1.807) is 6.92 Å². The van der Waals surface area contributed by atoms with Gasteiger partial charge in [0, 0.05) is 31.3 Å². The maximum Gasteiger partial charge on any atom is 0.360 e. The van der Waals surface area contributed by atoms with Crippen molar-refractivity contribution in [1.82, 2.24) is 4.72 Å². The highest BCUT2D eigenvalue weighted by molar-refractivity contribution is 7.91. The average molecular weight is 584 g/mol. The van der Waals surface area contributed by atoms with Gasteiger partial charge in [0.25, 0.3) is 0 Å². The molecule has 37 heavy (non-hydrogen) atoms. The third-order valence-electron chi connectivity index (χ3n) is 4.87. The largest absolute Gasteiger partial charge is 0.489 e. The van der Waals surface area contributed by atoms with E-state index < -0.39 is 40.2 Å². The SMILES string of the molecule is CCc1c(S(=O)(=O)NC)sc2c(F)c(OCCCN=C(N)N)c(OCCCN=C(N)N)c(P(=O)(O)O)c12. The summed E-state index contributed by atoms with van der Waals surface area (Å²) in [6.07, 6.45) is 0.478. The van der Waals surface area contributed by atoms with Gasteiger partial charge >= 0.3 is 7.60 Å². The van der Waals surface area contributed by atoms with E-state index in [-0.39, 0.29) is 77.3 Å². The summed E-state index contributed by atoms with van der Waals surface area (Å²) in [6, 6.07) is 0. The zero-order valence-electron chi connectivity index (χ0n) is 20.2. The predicted octanol–water partition coefficient (Wildman–Crippen LogP) is -0.601. The van der Waals surface area contributed by atoms with Crippen molar-refractivity contribution in [3.63, 3.8) is 0 Å². The highest BCUT2D eigenvalue weighted by atomic mass is 32.2. The van der Waals surface area contributed by atoms with Crippen LogP contribution in [-0.4, -0.2) is 63.5 Å². The number of benzene rings is 1. The fourth-order valence-electron chi connectivity index (χ4n) is 3.34. The first-order chi connectivity index (χ1) is 17.3. The van der Waals surface area contributed by atoms with Crippen LogP contribution in [0.1, 0.15) is 25.3 Å². The number of fused-ring (bicyclic) bond motifs is 1. The monoisotopic (exact) mass is 583 g/mol. The second-order valence-corrected chi connectivity index (χ2v) is 12.2. The van der Waals surface area contributed by atoms with Crippen LogP contribution in [0.5, 0.6) is 11.5 Å². The van der Waals surface area contributed by atoms with Crippen LogP contribution in [0.15, 0.2) is 14.2 Å². The molecular formula is C19H31FN7O7PS2. The van der Waals surface area contributed by atoms with E-state index in [2.05, 4.69) is 14.7 Å². The molecule has 11 N–H and O–H groups in total. The van der Waals surface area contributed by atoms with E-state index in [0.717, 1.165) is 0 Å². The van der Waals surface area contributed by atoms with Crippen molar-refractivity contribution in [2.45, 2.75) is 30.4 Å². The van der Waals surface area contributed by atoms with Crippen LogP contribution in [0.25, 0.3) is 10.1 Å². The molecular weight excluding hydrogens is 552 g/mol. The Morgan fingerprint density at radius 3 is 2.00 bits per heavy atom. The topological polar surface area (TPSA) is 251 Å². The third-order valence-corrected chi connectivity index (χ3v) is 9.08. The fraction of sp³-hybridized carbons (Fsp3) is 0.474. The fourth-order valence-corrected chi connectivity index (χ4v) is 7.14. The van der Waals surface area contributed by atoms with Gasteiger partial charge in [-0.1, -0.05) is 6.92 Å². The first-order valence-corrected chi connectivity index (χ1v) is 14.8. The van der Waals surface area contributed by atoms with E-state index in [4.69, 9.17) is 32.4 Å². The van der Waals surface area contributed by atoms with Crippen molar-refractivity contribution < 1.29 is 36.6 Å². The first-order valence-electron chi connectivity index (χ1n) is 10.9. The van der Waals surface area contributed by atoms with Gasteiger partial charge in [0.2, 0.25) is 10.0 Å². The molecule has 0 unspecified atom stereocenters. The van der Waals surface area contributed by atoms with Crippen LogP contribution in [0.2, 0.25) is 0 Å². The molecule has 0 amide bonds. The molecule has 1 aromatic heterocycles. The van der Waals surface area contributed by atoms with Crippen LogP contribution >= 0.6 is 18.9 Å². The van der Waals surface area contributed by atoms with E-state index >= 15 is 4.39 Å². The maximum atomic E-state index is 15.9. The summed E-state index contributed by atoms with van der Waals surface area (Å²) in [4.78, 5) is 28.2. The lowest BCUT2D eigenvalue weighted by Crippen LogP contribution is -2.23. The minimum absolute atomic E-state index is 0.0331. The Labute approximate surface area is 217 Å². The number of hydrogen-bond acceptors (Lipinski definition) is 8. The number of nitrogens with two attached hydrogens (primary N) is 4. The van der Waals surface area contributed by atoms with Crippen molar-refractivity contribution in [2.24, 2.45) is 32.9 Å². The highest BCUT2D eigenvalue weighted by Crippen LogP contribution is 2.50. The molecule has 2 rings (SSSR count). The molecule has 2 aromatic rings. The number of nitrogens with one attached hydrogen (secondary N) is 1. The number of aliphatic imine (C=N–C) groups is 2. The lowest BCUT2D eigenvalue weighted by atomic mass is 10.1. The van der Waals surface area contributed by atoms with Crippen molar-refractivity contribution in [1.29, 1.82) is 0 Å². The summed E-state index contributed by atoms with van der Waals surface area (Å²) in [6.45, 7) is 1.57. The quantitative estimate of drug-likeness (QED) is 0.0639. The summed E-state index contributed by atoms with van der Waals surface area (Å²) >= 11 is 0.538. The van der Waals surface area contributed by atoms with Gasteiger partial charge in [0.15, 0.2) is 29.2 Å². The van der Waals surface area contributed by atoms with Crippen molar-refractivity contribution in [3.8, 4) is 11.5 Å². The average Bonchev–Trinajstić information content (AvgIpc) is 3.19. The number of thiophene rings is 1. The molecule has 0 aliphatic rings. The standard InChI is InChI=1S/C19H31FN7O7PS2/c1-3-10-11-15(35(28,29)30)14(34-9-5-7-27-19(23)24)13(33-8-4-6-26-18(21)22)12(20)16(11)36-17(10)37(31,32)25-2/h25H,3-9H2,1-2H3,(H4,21,22,26)(H4,23,24,27)(H2,28,29,30). The smallest absolute Gasteiger partial charge is 0.360 e. The van der Waals surface area contributed by atoms with E-state index in [0.29, 0.717) is 11.3 Å². The van der Waals surface area contributed by atoms with Crippen LogP contribution < -0.4 is 42.4 Å². The minimum Gasteiger partial charge on any atom is -0.489 e. The Kier molecular flexibility index (Phi) is 10.5. The zero-order chi connectivity index (χ0) is 28.0. The molecule has 14 nitrogen and oxygen atoms in total. The Balaban J connectivity index is 2.77. The number of guanidine groups is 2.